The van der Waals surface area contributed by atoms with Crippen molar-refractivity contribution in [3.8, 4) is 0 Å². The van der Waals surface area contributed by atoms with Gasteiger partial charge in [0.15, 0.2) is 0 Å². The zero-order valence-electron chi connectivity index (χ0n) is 17.7. The van der Waals surface area contributed by atoms with E-state index in [4.69, 9.17) is 11.6 Å². The summed E-state index contributed by atoms with van der Waals surface area (Å²) in [4.78, 5) is 0.246. The second kappa shape index (κ2) is 9.28. The molecule has 0 amide bonds. The molecule has 0 saturated heterocycles. The molecule has 1 aliphatic rings. The number of hydrogen-bond acceptors (Lipinski definition) is 3. The third kappa shape index (κ3) is 4.82. The van der Waals surface area contributed by atoms with Gasteiger partial charge in [0, 0.05) is 22.8 Å². The Kier molecular flexibility index (Phi) is 6.72. The van der Waals surface area contributed by atoms with E-state index in [0.29, 0.717) is 33.5 Å². The highest BCUT2D eigenvalue weighted by Crippen LogP contribution is 2.40. The van der Waals surface area contributed by atoms with Gasteiger partial charge < -0.3 is 0 Å². The van der Waals surface area contributed by atoms with Gasteiger partial charge in [0.25, 0.3) is 10.0 Å². The molecule has 0 aromatic heterocycles. The van der Waals surface area contributed by atoms with Crippen LogP contribution in [-0.4, -0.2) is 20.7 Å². The number of fused-ring (bicyclic) bond motifs is 1. The van der Waals surface area contributed by atoms with Gasteiger partial charge in [-0.2, -0.15) is 13.2 Å². The molecule has 0 radical (unpaired) electrons. The van der Waals surface area contributed by atoms with E-state index in [0.717, 1.165) is 22.5 Å². The lowest BCUT2D eigenvalue weighted by Crippen LogP contribution is -2.35. The average Bonchev–Trinajstić information content (AvgIpc) is 2.78. The third-order valence-corrected chi connectivity index (χ3v) is 8.46. The van der Waals surface area contributed by atoms with Gasteiger partial charge in [-0.1, -0.05) is 35.9 Å². The molecule has 1 aliphatic heterocycles. The largest absolute Gasteiger partial charge is 0.416 e. The first-order chi connectivity index (χ1) is 16.0. The molecule has 0 N–H and O–H groups in total. The number of thioether (sulfide) groups is 1. The van der Waals surface area contributed by atoms with Gasteiger partial charge in [0.2, 0.25) is 0 Å². The van der Waals surface area contributed by atoms with Gasteiger partial charge in [-0.05, 0) is 60.5 Å². The normalized spacial score (nSPS) is 14.8. The minimum atomic E-state index is -4.66. The SMILES string of the molecule is CC(=Cc1ccc2c(c1)N(S(=O)(=O)c1cccc(C(F)(F)F)c1)CCS2)c1c(F)cccc1Cl. The maximum atomic E-state index is 14.3. The number of hydrogen-bond donors (Lipinski definition) is 0. The number of sulfonamides is 1. The second-order valence-corrected chi connectivity index (χ2v) is 11.0. The molecule has 3 nitrogen and oxygen atoms in total. The minimum absolute atomic E-state index is 0.0987. The first-order valence-corrected chi connectivity index (χ1v) is 12.9. The smallest absolute Gasteiger partial charge is 0.264 e. The van der Waals surface area contributed by atoms with Crippen LogP contribution in [0.2, 0.25) is 5.02 Å². The summed E-state index contributed by atoms with van der Waals surface area (Å²) >= 11 is 7.60. The molecular formula is C24H18ClF4NO2S2. The van der Waals surface area contributed by atoms with Gasteiger partial charge in [0.1, 0.15) is 5.82 Å². The Morgan fingerprint density at radius 3 is 2.53 bits per heavy atom. The monoisotopic (exact) mass is 527 g/mol. The summed E-state index contributed by atoms with van der Waals surface area (Å²) in [5.74, 6) is -0.0342. The van der Waals surface area contributed by atoms with Crippen molar-refractivity contribution in [2.75, 3.05) is 16.6 Å². The molecule has 0 saturated carbocycles. The fraction of sp³-hybridized carbons (Fsp3) is 0.167. The molecule has 1 heterocycles. The Labute approximate surface area is 204 Å². The van der Waals surface area contributed by atoms with E-state index in [2.05, 4.69) is 0 Å². The van der Waals surface area contributed by atoms with E-state index in [1.54, 1.807) is 37.3 Å². The maximum absolute atomic E-state index is 14.3. The van der Waals surface area contributed by atoms with Crippen molar-refractivity contribution in [1.29, 1.82) is 0 Å². The lowest BCUT2D eigenvalue weighted by atomic mass is 10.0. The number of anilines is 1. The molecule has 0 bridgehead atoms. The van der Waals surface area contributed by atoms with E-state index in [1.807, 2.05) is 0 Å². The predicted octanol–water partition coefficient (Wildman–Crippen LogP) is 7.36. The Bertz CT molecular complexity index is 1370. The fourth-order valence-corrected chi connectivity index (χ4v) is 6.69. The van der Waals surface area contributed by atoms with Crippen molar-refractivity contribution in [3.05, 3.63) is 88.2 Å². The van der Waals surface area contributed by atoms with Crippen molar-refractivity contribution in [1.82, 2.24) is 0 Å². The first kappa shape index (κ1) is 24.6. The first-order valence-electron chi connectivity index (χ1n) is 10.1. The molecular weight excluding hydrogens is 510 g/mol. The van der Waals surface area contributed by atoms with E-state index in [1.165, 1.54) is 23.9 Å². The summed E-state index contributed by atoms with van der Waals surface area (Å²) in [7, 11) is -4.25. The summed E-state index contributed by atoms with van der Waals surface area (Å²) in [5, 5.41) is 0.246. The number of alkyl halides is 3. The van der Waals surface area contributed by atoms with Crippen LogP contribution in [0.25, 0.3) is 11.6 Å². The third-order valence-electron chi connectivity index (χ3n) is 5.29. The van der Waals surface area contributed by atoms with Crippen molar-refractivity contribution >= 4 is 50.7 Å². The molecule has 34 heavy (non-hydrogen) atoms. The zero-order chi connectivity index (χ0) is 24.7. The summed E-state index contributed by atoms with van der Waals surface area (Å²) in [5.41, 5.74) is 0.704. The molecule has 0 aliphatic carbocycles. The zero-order valence-corrected chi connectivity index (χ0v) is 20.1. The highest BCUT2D eigenvalue weighted by molar-refractivity contribution is 8.00. The van der Waals surface area contributed by atoms with Gasteiger partial charge in [-0.25, -0.2) is 12.8 Å². The lowest BCUT2D eigenvalue weighted by Gasteiger charge is -2.30. The molecule has 10 heteroatoms. The number of nitrogens with zero attached hydrogens (tertiary/aromatic N) is 1. The van der Waals surface area contributed by atoms with E-state index < -0.39 is 32.5 Å². The molecule has 178 valence electrons. The maximum Gasteiger partial charge on any atom is 0.416 e. The topological polar surface area (TPSA) is 37.4 Å². The van der Waals surface area contributed by atoms with Gasteiger partial charge in [-0.3, -0.25) is 4.31 Å². The van der Waals surface area contributed by atoms with Crippen molar-refractivity contribution in [2.45, 2.75) is 22.9 Å². The van der Waals surface area contributed by atoms with Crippen LogP contribution in [0.1, 0.15) is 23.6 Å². The van der Waals surface area contributed by atoms with E-state index in [9.17, 15) is 26.0 Å². The molecule has 3 aromatic rings. The Balaban J connectivity index is 1.76. The minimum Gasteiger partial charge on any atom is -0.264 e. The van der Waals surface area contributed by atoms with E-state index >= 15 is 0 Å². The van der Waals surface area contributed by atoms with Crippen LogP contribution >= 0.6 is 23.4 Å². The summed E-state index contributed by atoms with van der Waals surface area (Å²) in [6, 6.07) is 13.2. The number of halogens is 5. The quantitative estimate of drug-likeness (QED) is 0.263. The molecule has 0 fully saturated rings. The Hall–Kier alpha value is -2.49. The van der Waals surface area contributed by atoms with E-state index in [-0.39, 0.29) is 17.1 Å². The molecule has 4 rings (SSSR count). The van der Waals surface area contributed by atoms with Gasteiger partial charge in [-0.15, -0.1) is 11.8 Å². The van der Waals surface area contributed by atoms with Crippen LogP contribution in [0, 0.1) is 5.82 Å². The average molecular weight is 528 g/mol. The number of benzene rings is 3. The lowest BCUT2D eigenvalue weighted by molar-refractivity contribution is -0.137. The van der Waals surface area contributed by atoms with Crippen molar-refractivity contribution < 1.29 is 26.0 Å². The Morgan fingerprint density at radius 1 is 1.09 bits per heavy atom. The van der Waals surface area contributed by atoms with Crippen molar-refractivity contribution in [2.24, 2.45) is 0 Å². The van der Waals surface area contributed by atoms with Gasteiger partial charge in [0.05, 0.1) is 21.2 Å². The number of allylic oxidation sites excluding steroid dienone is 1. The Morgan fingerprint density at radius 2 is 1.82 bits per heavy atom. The molecule has 3 aromatic carbocycles. The molecule has 0 unspecified atom stereocenters. The standard InChI is InChI=1S/C24H18ClF4NO2S2/c1-15(23-19(25)6-3-7-20(23)26)12-16-8-9-22-21(13-16)30(10-11-33-22)34(31,32)18-5-2-4-17(14-18)24(27,28)29/h2-9,12-14H,10-11H2,1H3. The van der Waals surface area contributed by atoms with Crippen LogP contribution in [0.3, 0.4) is 0 Å². The molecule has 0 spiro atoms. The highest BCUT2D eigenvalue weighted by Gasteiger charge is 2.34. The molecule has 0 atom stereocenters. The van der Waals surface area contributed by atoms with Crippen LogP contribution in [0.5, 0.6) is 0 Å². The van der Waals surface area contributed by atoms with Crippen LogP contribution in [0.4, 0.5) is 23.2 Å². The summed E-state index contributed by atoms with van der Waals surface area (Å²) in [6.07, 6.45) is -2.98. The predicted molar refractivity (Wildman–Crippen MR) is 128 cm³/mol. The van der Waals surface area contributed by atoms with Crippen molar-refractivity contribution in [3.63, 3.8) is 0 Å². The summed E-state index contributed by atoms with van der Waals surface area (Å²) < 4.78 is 81.6. The van der Waals surface area contributed by atoms with Crippen LogP contribution in [-0.2, 0) is 16.2 Å². The fourth-order valence-electron chi connectivity index (χ4n) is 3.71. The summed E-state index contributed by atoms with van der Waals surface area (Å²) in [6.45, 7) is 1.79. The van der Waals surface area contributed by atoms with Crippen LogP contribution in [0.15, 0.2) is 70.5 Å². The highest BCUT2D eigenvalue weighted by atomic mass is 35.5. The van der Waals surface area contributed by atoms with Gasteiger partial charge >= 0.3 is 6.18 Å². The van der Waals surface area contributed by atoms with Crippen LogP contribution < -0.4 is 4.31 Å². The number of rotatable bonds is 4. The second-order valence-electron chi connectivity index (χ2n) is 7.60.